The van der Waals surface area contributed by atoms with Gasteiger partial charge in [-0.25, -0.2) is 0 Å². The third kappa shape index (κ3) is 2.71. The molecule has 0 spiro atoms. The van der Waals surface area contributed by atoms with Gasteiger partial charge in [0.15, 0.2) is 0 Å². The molecule has 4 heteroatoms. The van der Waals surface area contributed by atoms with Crippen molar-refractivity contribution in [2.45, 2.75) is 19.8 Å². The third-order valence-corrected chi connectivity index (χ3v) is 2.47. The number of hydrogen-bond acceptors (Lipinski definition) is 3. The first kappa shape index (κ1) is 11.0. The standard InChI is InChI=1S/C10H16N2O2/c1-2-12(6-3-5-11)10(13)9-4-7-14-8-9/h9H,2-4,6-8H2,1H3. The Hall–Kier alpha value is -1.08. The highest BCUT2D eigenvalue weighted by atomic mass is 16.5. The zero-order valence-corrected chi connectivity index (χ0v) is 8.53. The Labute approximate surface area is 84.4 Å². The number of ether oxygens (including phenoxy) is 1. The largest absolute Gasteiger partial charge is 0.381 e. The van der Waals surface area contributed by atoms with E-state index in [1.54, 1.807) is 4.90 Å². The van der Waals surface area contributed by atoms with Crippen molar-refractivity contribution < 1.29 is 9.53 Å². The van der Waals surface area contributed by atoms with Gasteiger partial charge in [0.2, 0.25) is 5.91 Å². The van der Waals surface area contributed by atoms with Gasteiger partial charge in [0.25, 0.3) is 0 Å². The van der Waals surface area contributed by atoms with E-state index in [0.29, 0.717) is 32.7 Å². The van der Waals surface area contributed by atoms with Crippen LogP contribution in [0.15, 0.2) is 0 Å². The number of rotatable bonds is 4. The van der Waals surface area contributed by atoms with Gasteiger partial charge in [-0.1, -0.05) is 0 Å². The molecule has 0 N–H and O–H groups in total. The van der Waals surface area contributed by atoms with Crippen molar-refractivity contribution in [3.05, 3.63) is 0 Å². The molecule has 1 unspecified atom stereocenters. The molecule has 1 amide bonds. The second-order valence-corrected chi connectivity index (χ2v) is 3.39. The van der Waals surface area contributed by atoms with Crippen molar-refractivity contribution in [1.82, 2.24) is 4.90 Å². The Bertz CT molecular complexity index is 229. The van der Waals surface area contributed by atoms with Crippen molar-refractivity contribution in [2.24, 2.45) is 5.92 Å². The minimum absolute atomic E-state index is 0.0219. The lowest BCUT2D eigenvalue weighted by Gasteiger charge is -2.22. The van der Waals surface area contributed by atoms with Crippen molar-refractivity contribution in [1.29, 1.82) is 5.26 Å². The molecule has 1 rings (SSSR count). The molecule has 0 aromatic carbocycles. The molecule has 4 nitrogen and oxygen atoms in total. The highest BCUT2D eigenvalue weighted by Gasteiger charge is 2.26. The number of amides is 1. The molecule has 1 saturated heterocycles. The summed E-state index contributed by atoms with van der Waals surface area (Å²) >= 11 is 0. The normalized spacial score (nSPS) is 20.4. The van der Waals surface area contributed by atoms with Crippen molar-refractivity contribution in [3.8, 4) is 6.07 Å². The molecule has 0 aromatic rings. The topological polar surface area (TPSA) is 53.3 Å². The van der Waals surface area contributed by atoms with Gasteiger partial charge in [-0.2, -0.15) is 5.26 Å². The minimum Gasteiger partial charge on any atom is -0.381 e. The number of carbonyl (C=O) groups is 1. The van der Waals surface area contributed by atoms with Crippen molar-refractivity contribution in [3.63, 3.8) is 0 Å². The Morgan fingerprint density at radius 3 is 3.00 bits per heavy atom. The molecule has 0 radical (unpaired) electrons. The van der Waals surface area contributed by atoms with E-state index in [9.17, 15) is 4.79 Å². The van der Waals surface area contributed by atoms with Gasteiger partial charge in [0.1, 0.15) is 0 Å². The summed E-state index contributed by atoms with van der Waals surface area (Å²) in [6.07, 6.45) is 1.23. The van der Waals surface area contributed by atoms with Crippen LogP contribution in [0, 0.1) is 17.2 Å². The van der Waals surface area contributed by atoms with Crippen LogP contribution in [0.1, 0.15) is 19.8 Å². The summed E-state index contributed by atoms with van der Waals surface area (Å²) in [5.41, 5.74) is 0. The Morgan fingerprint density at radius 1 is 1.71 bits per heavy atom. The Morgan fingerprint density at radius 2 is 2.50 bits per heavy atom. The fourth-order valence-corrected chi connectivity index (χ4v) is 1.60. The summed E-state index contributed by atoms with van der Waals surface area (Å²) in [4.78, 5) is 13.6. The quantitative estimate of drug-likeness (QED) is 0.667. The average Bonchev–Trinajstić information content (AvgIpc) is 2.71. The fraction of sp³-hybridized carbons (Fsp3) is 0.800. The van der Waals surface area contributed by atoms with Crippen LogP contribution < -0.4 is 0 Å². The lowest BCUT2D eigenvalue weighted by atomic mass is 10.1. The summed E-state index contributed by atoms with van der Waals surface area (Å²) in [6, 6.07) is 2.05. The second kappa shape index (κ2) is 5.61. The van der Waals surface area contributed by atoms with Crippen molar-refractivity contribution >= 4 is 5.91 Å². The molecular formula is C10H16N2O2. The van der Waals surface area contributed by atoms with Crippen LogP contribution in [0.2, 0.25) is 0 Å². The molecule has 1 aliphatic rings. The van der Waals surface area contributed by atoms with E-state index in [4.69, 9.17) is 10.00 Å². The molecular weight excluding hydrogens is 180 g/mol. The molecule has 1 fully saturated rings. The fourth-order valence-electron chi connectivity index (χ4n) is 1.60. The summed E-state index contributed by atoms with van der Waals surface area (Å²) in [5, 5.41) is 8.45. The molecule has 14 heavy (non-hydrogen) atoms. The first-order chi connectivity index (χ1) is 6.79. The van der Waals surface area contributed by atoms with Gasteiger partial charge in [-0.3, -0.25) is 4.79 Å². The SMILES string of the molecule is CCN(CCC#N)C(=O)C1CCOC1. The first-order valence-electron chi connectivity index (χ1n) is 5.03. The van der Waals surface area contributed by atoms with Crippen LogP contribution in [0.3, 0.4) is 0 Å². The summed E-state index contributed by atoms with van der Waals surface area (Å²) < 4.78 is 5.16. The molecule has 1 atom stereocenters. The predicted octanol–water partition coefficient (Wildman–Crippen LogP) is 0.785. The van der Waals surface area contributed by atoms with Crippen LogP contribution in [0.4, 0.5) is 0 Å². The van der Waals surface area contributed by atoms with E-state index in [-0.39, 0.29) is 11.8 Å². The van der Waals surface area contributed by atoms with Gasteiger partial charge in [0.05, 0.1) is 25.0 Å². The van der Waals surface area contributed by atoms with E-state index in [1.165, 1.54) is 0 Å². The van der Waals surface area contributed by atoms with Gasteiger partial charge in [-0.05, 0) is 13.3 Å². The van der Waals surface area contributed by atoms with Gasteiger partial charge in [0, 0.05) is 19.7 Å². The number of carbonyl (C=O) groups excluding carboxylic acids is 1. The smallest absolute Gasteiger partial charge is 0.228 e. The lowest BCUT2D eigenvalue weighted by Crippen LogP contribution is -2.36. The molecule has 0 aliphatic carbocycles. The summed E-state index contributed by atoms with van der Waals surface area (Å²) in [7, 11) is 0. The third-order valence-electron chi connectivity index (χ3n) is 2.47. The minimum atomic E-state index is 0.0219. The lowest BCUT2D eigenvalue weighted by molar-refractivity contribution is -0.135. The number of nitrogens with zero attached hydrogens (tertiary/aromatic N) is 2. The van der Waals surface area contributed by atoms with E-state index in [2.05, 4.69) is 6.07 Å². The molecule has 0 saturated carbocycles. The van der Waals surface area contributed by atoms with Gasteiger partial charge < -0.3 is 9.64 Å². The summed E-state index contributed by atoms with van der Waals surface area (Å²) in [5.74, 6) is 0.161. The molecule has 78 valence electrons. The number of nitriles is 1. The Balaban J connectivity index is 2.42. The molecule has 0 aromatic heterocycles. The van der Waals surface area contributed by atoms with Crippen LogP contribution in [0.5, 0.6) is 0 Å². The van der Waals surface area contributed by atoms with E-state index >= 15 is 0 Å². The first-order valence-corrected chi connectivity index (χ1v) is 5.03. The molecule has 1 heterocycles. The molecule has 1 aliphatic heterocycles. The van der Waals surface area contributed by atoms with Crippen LogP contribution in [-0.4, -0.2) is 37.1 Å². The second-order valence-electron chi connectivity index (χ2n) is 3.39. The van der Waals surface area contributed by atoms with E-state index < -0.39 is 0 Å². The van der Waals surface area contributed by atoms with E-state index in [0.717, 1.165) is 6.42 Å². The highest BCUT2D eigenvalue weighted by molar-refractivity contribution is 5.79. The van der Waals surface area contributed by atoms with Crippen LogP contribution in [0.25, 0.3) is 0 Å². The average molecular weight is 196 g/mol. The van der Waals surface area contributed by atoms with Crippen LogP contribution >= 0.6 is 0 Å². The maximum atomic E-state index is 11.8. The van der Waals surface area contributed by atoms with Crippen LogP contribution in [-0.2, 0) is 9.53 Å². The highest BCUT2D eigenvalue weighted by Crippen LogP contribution is 2.15. The van der Waals surface area contributed by atoms with Crippen molar-refractivity contribution in [2.75, 3.05) is 26.3 Å². The zero-order chi connectivity index (χ0) is 10.4. The zero-order valence-electron chi connectivity index (χ0n) is 8.53. The maximum absolute atomic E-state index is 11.8. The van der Waals surface area contributed by atoms with E-state index in [1.807, 2.05) is 6.92 Å². The summed E-state index contributed by atoms with van der Waals surface area (Å²) in [6.45, 7) is 4.39. The number of hydrogen-bond donors (Lipinski definition) is 0. The predicted molar refractivity (Wildman–Crippen MR) is 51.4 cm³/mol. The maximum Gasteiger partial charge on any atom is 0.228 e. The van der Waals surface area contributed by atoms with Gasteiger partial charge in [-0.15, -0.1) is 0 Å². The Kier molecular flexibility index (Phi) is 4.41. The monoisotopic (exact) mass is 196 g/mol. The molecule has 0 bridgehead atoms. The van der Waals surface area contributed by atoms with Gasteiger partial charge >= 0.3 is 0 Å².